The van der Waals surface area contributed by atoms with Crippen molar-refractivity contribution in [3.05, 3.63) is 0 Å². The van der Waals surface area contributed by atoms with Gasteiger partial charge in [-0.05, 0) is 32.1 Å². The van der Waals surface area contributed by atoms with Crippen LogP contribution in [0.25, 0.3) is 0 Å². The summed E-state index contributed by atoms with van der Waals surface area (Å²) < 4.78 is 18.2. The normalized spacial score (nSPS) is 12.5. The monoisotopic (exact) mass is 936 g/mol. The van der Waals surface area contributed by atoms with Gasteiger partial charge in [0.05, 0.1) is 20.1 Å². The van der Waals surface area contributed by atoms with Gasteiger partial charge in [0.25, 0.3) is 0 Å². The van der Waals surface area contributed by atoms with Crippen molar-refractivity contribution in [1.82, 2.24) is 4.90 Å². The molecule has 0 aromatic carbocycles. The van der Waals surface area contributed by atoms with Crippen molar-refractivity contribution in [3.63, 3.8) is 0 Å². The minimum Gasteiger partial charge on any atom is -0.464 e. The molecule has 0 aliphatic carbocycles. The van der Waals surface area contributed by atoms with E-state index in [1.165, 1.54) is 199 Å². The summed E-state index contributed by atoms with van der Waals surface area (Å²) in [4.78, 5) is 40.4. The van der Waals surface area contributed by atoms with E-state index < -0.39 is 0 Å². The third-order valence-corrected chi connectivity index (χ3v) is 13.9. The molecular weight excluding hydrogens is 821 g/mol. The second kappa shape index (κ2) is 51.2. The Hall–Kier alpha value is -1.67. The first kappa shape index (κ1) is 64.3. The number of likely N-dealkylation sites (N-methyl/N-ethyl adjacent to an activating group) is 1. The van der Waals surface area contributed by atoms with Crippen molar-refractivity contribution in [1.29, 1.82) is 0 Å². The zero-order chi connectivity index (χ0) is 48.3. The number of carbonyl (C=O) groups excluding carboxylic acids is 3. The van der Waals surface area contributed by atoms with Crippen LogP contribution in [0.15, 0.2) is 0 Å². The summed E-state index contributed by atoms with van der Waals surface area (Å²) in [6.45, 7) is 15.3. The van der Waals surface area contributed by atoms with Gasteiger partial charge in [0.1, 0.15) is 26.4 Å². The van der Waals surface area contributed by atoms with Crippen molar-refractivity contribution in [2.24, 2.45) is 0 Å². The van der Waals surface area contributed by atoms with Crippen molar-refractivity contribution in [2.45, 2.75) is 291 Å². The van der Waals surface area contributed by atoms with Crippen LogP contribution in [0.5, 0.6) is 0 Å². The first-order valence-corrected chi connectivity index (χ1v) is 29.3. The van der Waals surface area contributed by atoms with Crippen LogP contribution in [-0.4, -0.2) is 93.4 Å². The molecule has 8 heteroatoms. The number of ether oxygens (including phenoxy) is 3. The number of hydrogen-bond acceptors (Lipinski definition) is 7. The Morgan fingerprint density at radius 1 is 0.303 bits per heavy atom. The highest BCUT2D eigenvalue weighted by molar-refractivity contribution is 5.69. The SMILES string of the molecule is CCCCCCCCCCCC[N+](C)(CCCN(CCOC(=O)CCCCCCCCCCC)CCOC(=O)CCCCCCCCCCC)CCOC(=O)CCCCCCCCCCC. The molecule has 0 amide bonds. The molecule has 0 aromatic rings. The Morgan fingerprint density at radius 2 is 0.561 bits per heavy atom. The van der Waals surface area contributed by atoms with Crippen LogP contribution in [0.1, 0.15) is 291 Å². The molecule has 0 saturated heterocycles. The summed E-state index contributed by atoms with van der Waals surface area (Å²) in [5.74, 6) is -0.244. The van der Waals surface area contributed by atoms with Gasteiger partial charge in [-0.3, -0.25) is 19.3 Å². The highest BCUT2D eigenvalue weighted by Crippen LogP contribution is 2.16. The van der Waals surface area contributed by atoms with Crippen LogP contribution < -0.4 is 0 Å². The Kier molecular flexibility index (Phi) is 49.9. The van der Waals surface area contributed by atoms with Crippen LogP contribution in [0.2, 0.25) is 0 Å². The fourth-order valence-corrected chi connectivity index (χ4v) is 9.24. The Balaban J connectivity index is 5.13. The lowest BCUT2D eigenvalue weighted by molar-refractivity contribution is -0.910. The Bertz CT molecular complexity index is 1000. The number of rotatable bonds is 54. The average molecular weight is 937 g/mol. The maximum Gasteiger partial charge on any atom is 0.305 e. The summed E-state index contributed by atoms with van der Waals surface area (Å²) in [5, 5.41) is 0. The van der Waals surface area contributed by atoms with E-state index in [0.29, 0.717) is 52.2 Å². The summed E-state index contributed by atoms with van der Waals surface area (Å²) in [6.07, 6.45) is 49.0. The third-order valence-electron chi connectivity index (χ3n) is 13.9. The highest BCUT2D eigenvalue weighted by Gasteiger charge is 2.23. The number of carbonyl (C=O) groups is 3. The quantitative estimate of drug-likeness (QED) is 0.0260. The van der Waals surface area contributed by atoms with E-state index in [1.54, 1.807) is 0 Å². The summed E-state index contributed by atoms with van der Waals surface area (Å²) in [5.41, 5.74) is 0. The first-order chi connectivity index (χ1) is 32.3. The fourth-order valence-electron chi connectivity index (χ4n) is 9.24. The van der Waals surface area contributed by atoms with Crippen molar-refractivity contribution in [2.75, 3.05) is 66.1 Å². The molecule has 392 valence electrons. The lowest BCUT2D eigenvalue weighted by Crippen LogP contribution is -2.49. The summed E-state index contributed by atoms with van der Waals surface area (Å²) >= 11 is 0. The van der Waals surface area contributed by atoms with Gasteiger partial charge in [-0.15, -0.1) is 0 Å². The number of nitrogens with zero attached hydrogens (tertiary/aromatic N) is 2. The molecule has 0 rings (SSSR count). The molecular formula is C58H115N2O6+. The number of hydrogen-bond donors (Lipinski definition) is 0. The number of unbranched alkanes of at least 4 members (excludes halogenated alkanes) is 33. The number of esters is 3. The van der Waals surface area contributed by atoms with Crippen LogP contribution >= 0.6 is 0 Å². The predicted octanol–water partition coefficient (Wildman–Crippen LogP) is 16.4. The fraction of sp³-hybridized carbons (Fsp3) is 0.948. The lowest BCUT2D eigenvalue weighted by atomic mass is 10.1. The molecule has 0 aliphatic rings. The third kappa shape index (κ3) is 47.4. The smallest absolute Gasteiger partial charge is 0.305 e. The van der Waals surface area contributed by atoms with Crippen molar-refractivity contribution < 1.29 is 33.1 Å². The van der Waals surface area contributed by atoms with Crippen molar-refractivity contribution >= 4 is 17.9 Å². The highest BCUT2D eigenvalue weighted by atomic mass is 16.5. The molecule has 0 spiro atoms. The topological polar surface area (TPSA) is 82.1 Å². The van der Waals surface area contributed by atoms with Crippen molar-refractivity contribution in [3.8, 4) is 0 Å². The lowest BCUT2D eigenvalue weighted by Gasteiger charge is -2.35. The van der Waals surface area contributed by atoms with Gasteiger partial charge in [-0.2, -0.15) is 0 Å². The van der Waals surface area contributed by atoms with E-state index in [4.69, 9.17) is 14.2 Å². The van der Waals surface area contributed by atoms with E-state index >= 15 is 0 Å². The molecule has 66 heavy (non-hydrogen) atoms. The molecule has 0 bridgehead atoms. The average Bonchev–Trinajstić information content (AvgIpc) is 3.30. The molecule has 1 atom stereocenters. The Labute approximate surface area is 411 Å². The minimum absolute atomic E-state index is 0.0469. The molecule has 0 aromatic heterocycles. The van der Waals surface area contributed by atoms with Crippen LogP contribution in [0.3, 0.4) is 0 Å². The molecule has 0 heterocycles. The maximum absolute atomic E-state index is 12.8. The molecule has 1 unspecified atom stereocenters. The predicted molar refractivity (Wildman–Crippen MR) is 282 cm³/mol. The Morgan fingerprint density at radius 3 is 0.879 bits per heavy atom. The van der Waals surface area contributed by atoms with Gasteiger partial charge in [0, 0.05) is 45.3 Å². The zero-order valence-electron chi connectivity index (χ0n) is 45.2. The van der Waals surface area contributed by atoms with Crippen LogP contribution in [0, 0.1) is 0 Å². The minimum atomic E-state index is -0.0987. The van der Waals surface area contributed by atoms with E-state index in [9.17, 15) is 14.4 Å². The molecule has 8 nitrogen and oxygen atoms in total. The molecule has 0 saturated carbocycles. The second-order valence-corrected chi connectivity index (χ2v) is 20.6. The van der Waals surface area contributed by atoms with E-state index in [0.717, 1.165) is 75.6 Å². The van der Waals surface area contributed by atoms with E-state index in [1.807, 2.05) is 0 Å². The van der Waals surface area contributed by atoms with E-state index in [-0.39, 0.29) is 17.9 Å². The van der Waals surface area contributed by atoms with Crippen LogP contribution in [-0.2, 0) is 28.6 Å². The first-order valence-electron chi connectivity index (χ1n) is 29.3. The molecule has 0 fully saturated rings. The van der Waals surface area contributed by atoms with Gasteiger partial charge in [-0.25, -0.2) is 0 Å². The molecule has 0 aliphatic heterocycles. The zero-order valence-corrected chi connectivity index (χ0v) is 45.2. The van der Waals surface area contributed by atoms with Gasteiger partial charge >= 0.3 is 17.9 Å². The standard InChI is InChI=1S/C58H115N2O6/c1-6-10-14-18-22-26-30-34-38-42-50-60(5,52-55-66-58(63)46-41-37-33-29-25-21-17-13-9-4)51-43-47-59(48-53-64-56(61)44-39-35-31-27-23-19-15-11-7-2)49-54-65-57(62)45-40-36-32-28-24-20-16-12-8-3/h6-55H2,1-5H3/q+1. The maximum atomic E-state index is 12.8. The largest absolute Gasteiger partial charge is 0.464 e. The van der Waals surface area contributed by atoms with Gasteiger partial charge in [0.15, 0.2) is 0 Å². The number of quaternary nitrogens is 1. The summed E-state index contributed by atoms with van der Waals surface area (Å²) in [7, 11) is 2.34. The molecule has 0 N–H and O–H groups in total. The summed E-state index contributed by atoms with van der Waals surface area (Å²) in [6, 6.07) is 0. The molecule has 0 radical (unpaired) electrons. The van der Waals surface area contributed by atoms with Crippen LogP contribution in [0.4, 0.5) is 0 Å². The van der Waals surface area contributed by atoms with Gasteiger partial charge in [-0.1, -0.05) is 233 Å². The van der Waals surface area contributed by atoms with E-state index in [2.05, 4.69) is 39.6 Å². The van der Waals surface area contributed by atoms with Gasteiger partial charge in [0.2, 0.25) is 0 Å². The second-order valence-electron chi connectivity index (χ2n) is 20.6. The van der Waals surface area contributed by atoms with Gasteiger partial charge < -0.3 is 18.7 Å².